The Morgan fingerprint density at radius 3 is 1.77 bits per heavy atom. The van der Waals surface area contributed by atoms with Crippen LogP contribution in [0.25, 0.3) is 88.8 Å². The quantitative estimate of drug-likeness (QED) is 0.190. The van der Waals surface area contributed by atoms with E-state index in [4.69, 9.17) is 4.42 Å². The Balaban J connectivity index is 1.41. The van der Waals surface area contributed by atoms with Gasteiger partial charge in [0, 0.05) is 16.5 Å². The first-order chi connectivity index (χ1) is 21.8. The molecule has 1 heterocycles. The van der Waals surface area contributed by atoms with Gasteiger partial charge in [-0.05, 0) is 79.2 Å². The van der Waals surface area contributed by atoms with Crippen molar-refractivity contribution in [3.63, 3.8) is 0 Å². The van der Waals surface area contributed by atoms with Crippen molar-refractivity contribution in [3.8, 4) is 33.4 Å². The zero-order chi connectivity index (χ0) is 29.6. The van der Waals surface area contributed by atoms with Crippen LogP contribution in [0.15, 0.2) is 151 Å². The average molecular weight is 563 g/mol. The standard InChI is InChI=1S/C43H30O/c1-3-14-33-39-26-13-24-32(43(39)44-40(33)4-2)29-17-11-18-30(27-29)41-35-20-7-9-22-37(35)42(38-23-10-8-21-36(38)41)34-25-12-16-28-15-5-6-19-31(28)34/h3-27H,2H2,1H3/b14-3-. The molecule has 0 aliphatic carbocycles. The molecule has 7 aromatic carbocycles. The van der Waals surface area contributed by atoms with Crippen molar-refractivity contribution in [1.29, 1.82) is 0 Å². The largest absolute Gasteiger partial charge is 0.455 e. The molecule has 0 saturated carbocycles. The zero-order valence-corrected chi connectivity index (χ0v) is 24.5. The molecular formula is C43H30O. The molecular weight excluding hydrogens is 532 g/mol. The van der Waals surface area contributed by atoms with Crippen LogP contribution in [-0.2, 0) is 0 Å². The summed E-state index contributed by atoms with van der Waals surface area (Å²) in [6, 6.07) is 48.3. The van der Waals surface area contributed by atoms with Crippen molar-refractivity contribution in [2.75, 3.05) is 0 Å². The molecule has 0 N–H and O–H groups in total. The van der Waals surface area contributed by atoms with Gasteiger partial charge in [0.25, 0.3) is 0 Å². The van der Waals surface area contributed by atoms with Gasteiger partial charge >= 0.3 is 0 Å². The lowest BCUT2D eigenvalue weighted by Gasteiger charge is -2.19. The zero-order valence-electron chi connectivity index (χ0n) is 24.5. The number of hydrogen-bond donors (Lipinski definition) is 0. The van der Waals surface area contributed by atoms with E-state index < -0.39 is 0 Å². The molecule has 0 bridgehead atoms. The summed E-state index contributed by atoms with van der Waals surface area (Å²) in [5, 5.41) is 8.60. The average Bonchev–Trinajstić information content (AvgIpc) is 3.45. The van der Waals surface area contributed by atoms with E-state index in [1.54, 1.807) is 6.08 Å². The van der Waals surface area contributed by atoms with Crippen molar-refractivity contribution in [3.05, 3.63) is 157 Å². The SMILES string of the molecule is C=Cc1oc2c(-c3cccc(-c4c5ccccc5c(-c5cccc6ccccc56)c5ccccc45)c3)cccc2c1/C=C\C. The molecule has 0 atom stereocenters. The fourth-order valence-electron chi connectivity index (χ4n) is 6.89. The molecule has 1 heteroatoms. The van der Waals surface area contributed by atoms with Crippen molar-refractivity contribution in [2.24, 2.45) is 0 Å². The molecule has 208 valence electrons. The van der Waals surface area contributed by atoms with E-state index in [1.807, 2.05) is 13.0 Å². The lowest BCUT2D eigenvalue weighted by atomic mass is 9.84. The number of allylic oxidation sites excluding steroid dienone is 1. The van der Waals surface area contributed by atoms with E-state index >= 15 is 0 Å². The van der Waals surface area contributed by atoms with E-state index in [9.17, 15) is 0 Å². The molecule has 0 saturated heterocycles. The number of hydrogen-bond acceptors (Lipinski definition) is 1. The molecule has 8 aromatic rings. The Morgan fingerprint density at radius 1 is 0.523 bits per heavy atom. The minimum Gasteiger partial charge on any atom is -0.455 e. The molecule has 0 spiro atoms. The number of benzene rings is 7. The lowest BCUT2D eigenvalue weighted by Crippen LogP contribution is -1.92. The fourth-order valence-corrected chi connectivity index (χ4v) is 6.89. The van der Waals surface area contributed by atoms with Gasteiger partial charge in [-0.2, -0.15) is 0 Å². The van der Waals surface area contributed by atoms with Gasteiger partial charge in [-0.25, -0.2) is 0 Å². The summed E-state index contributed by atoms with van der Waals surface area (Å²) in [4.78, 5) is 0. The van der Waals surface area contributed by atoms with Crippen LogP contribution in [0.1, 0.15) is 18.2 Å². The van der Waals surface area contributed by atoms with E-state index in [0.717, 1.165) is 33.4 Å². The number of rotatable bonds is 5. The van der Waals surface area contributed by atoms with Crippen molar-refractivity contribution < 1.29 is 4.42 Å². The summed E-state index contributed by atoms with van der Waals surface area (Å²) in [5.41, 5.74) is 9.11. The van der Waals surface area contributed by atoms with Crippen LogP contribution in [0.5, 0.6) is 0 Å². The van der Waals surface area contributed by atoms with Crippen molar-refractivity contribution >= 4 is 55.4 Å². The Morgan fingerprint density at radius 2 is 1.07 bits per heavy atom. The first-order valence-corrected chi connectivity index (χ1v) is 15.1. The monoisotopic (exact) mass is 562 g/mol. The minimum absolute atomic E-state index is 0.794. The maximum atomic E-state index is 6.40. The second-order valence-corrected chi connectivity index (χ2v) is 11.2. The summed E-state index contributed by atoms with van der Waals surface area (Å²) in [6.07, 6.45) is 5.94. The smallest absolute Gasteiger partial charge is 0.143 e. The van der Waals surface area contributed by atoms with Crippen molar-refractivity contribution in [1.82, 2.24) is 0 Å². The first kappa shape index (κ1) is 26.0. The Bertz CT molecular complexity index is 2360. The van der Waals surface area contributed by atoms with E-state index in [0.29, 0.717) is 0 Å². The molecule has 0 aliphatic rings. The molecule has 0 amide bonds. The molecule has 1 aromatic heterocycles. The predicted octanol–water partition coefficient (Wildman–Crippen LogP) is 12.6. The third-order valence-electron chi connectivity index (χ3n) is 8.75. The van der Waals surface area contributed by atoms with E-state index in [2.05, 4.69) is 146 Å². The maximum absolute atomic E-state index is 6.40. The van der Waals surface area contributed by atoms with Crippen LogP contribution in [0.4, 0.5) is 0 Å². The highest BCUT2D eigenvalue weighted by atomic mass is 16.3. The number of furan rings is 1. The van der Waals surface area contributed by atoms with Crippen LogP contribution in [-0.4, -0.2) is 0 Å². The van der Waals surface area contributed by atoms with Gasteiger partial charge in [-0.1, -0.05) is 146 Å². The van der Waals surface area contributed by atoms with E-state index in [1.165, 1.54) is 54.6 Å². The van der Waals surface area contributed by atoms with Gasteiger partial charge in [0.05, 0.1) is 0 Å². The lowest BCUT2D eigenvalue weighted by molar-refractivity contribution is 0.604. The molecule has 0 unspecified atom stereocenters. The summed E-state index contributed by atoms with van der Waals surface area (Å²) in [5.74, 6) is 0.794. The summed E-state index contributed by atoms with van der Waals surface area (Å²) < 4.78 is 6.40. The van der Waals surface area contributed by atoms with Gasteiger partial charge in [0.15, 0.2) is 0 Å². The van der Waals surface area contributed by atoms with Crippen LogP contribution in [0.3, 0.4) is 0 Å². The summed E-state index contributed by atoms with van der Waals surface area (Å²) >= 11 is 0. The van der Waals surface area contributed by atoms with Crippen LogP contribution in [0, 0.1) is 0 Å². The minimum atomic E-state index is 0.794. The molecule has 0 radical (unpaired) electrons. The Hall–Kier alpha value is -5.66. The maximum Gasteiger partial charge on any atom is 0.143 e. The molecule has 0 fully saturated rings. The number of fused-ring (bicyclic) bond motifs is 4. The normalized spacial score (nSPS) is 11.8. The molecule has 1 nitrogen and oxygen atoms in total. The molecule has 8 rings (SSSR count). The molecule has 0 aliphatic heterocycles. The van der Waals surface area contributed by atoms with Crippen molar-refractivity contribution in [2.45, 2.75) is 6.92 Å². The van der Waals surface area contributed by atoms with Gasteiger partial charge in [0.2, 0.25) is 0 Å². The first-order valence-electron chi connectivity index (χ1n) is 15.1. The third-order valence-corrected chi connectivity index (χ3v) is 8.75. The number of para-hydroxylation sites is 1. The van der Waals surface area contributed by atoms with Gasteiger partial charge in [0.1, 0.15) is 11.3 Å². The van der Waals surface area contributed by atoms with E-state index in [-0.39, 0.29) is 0 Å². The van der Waals surface area contributed by atoms with Crippen LogP contribution < -0.4 is 0 Å². The Kier molecular flexibility index (Phi) is 6.24. The Labute approximate surface area is 257 Å². The highest BCUT2D eigenvalue weighted by Gasteiger charge is 2.19. The second-order valence-electron chi connectivity index (χ2n) is 11.2. The second kappa shape index (κ2) is 10.6. The summed E-state index contributed by atoms with van der Waals surface area (Å²) in [7, 11) is 0. The third kappa shape index (κ3) is 4.01. The topological polar surface area (TPSA) is 13.1 Å². The van der Waals surface area contributed by atoms with Gasteiger partial charge in [-0.3, -0.25) is 0 Å². The van der Waals surface area contributed by atoms with Crippen LogP contribution in [0.2, 0.25) is 0 Å². The highest BCUT2D eigenvalue weighted by molar-refractivity contribution is 6.23. The van der Waals surface area contributed by atoms with Gasteiger partial charge in [-0.15, -0.1) is 0 Å². The van der Waals surface area contributed by atoms with Crippen LogP contribution >= 0.6 is 0 Å². The molecule has 44 heavy (non-hydrogen) atoms. The fraction of sp³-hybridized carbons (Fsp3) is 0.0233. The summed E-state index contributed by atoms with van der Waals surface area (Å²) in [6.45, 7) is 6.03. The van der Waals surface area contributed by atoms with Gasteiger partial charge < -0.3 is 4.42 Å². The predicted molar refractivity (Wildman–Crippen MR) is 190 cm³/mol. The highest BCUT2D eigenvalue weighted by Crippen LogP contribution is 2.46.